The molecule has 0 radical (unpaired) electrons. The van der Waals surface area contributed by atoms with E-state index in [0.717, 1.165) is 0 Å². The fraction of sp³-hybridized carbons (Fsp3) is 0.857. The summed E-state index contributed by atoms with van der Waals surface area (Å²) in [6.07, 6.45) is 0.652. The molecule has 0 rings (SSSR count). The van der Waals surface area contributed by atoms with Crippen LogP contribution in [-0.4, -0.2) is 29.7 Å². The van der Waals surface area contributed by atoms with Crippen LogP contribution in [-0.2, 0) is 4.79 Å². The zero-order valence-electron chi connectivity index (χ0n) is 7.05. The minimum atomic E-state index is -0.741. The lowest BCUT2D eigenvalue weighted by molar-refractivity contribution is -0.117. The monoisotopic (exact) mass is 160 g/mol. The highest BCUT2D eigenvalue weighted by atomic mass is 16.3. The second-order valence-electron chi connectivity index (χ2n) is 2.92. The van der Waals surface area contributed by atoms with Crippen molar-refractivity contribution in [2.45, 2.75) is 25.9 Å². The van der Waals surface area contributed by atoms with Crippen LogP contribution in [0.5, 0.6) is 0 Å². The van der Waals surface area contributed by atoms with E-state index in [1.54, 1.807) is 6.92 Å². The third-order valence-electron chi connectivity index (χ3n) is 1.57. The Kier molecular flexibility index (Phi) is 4.07. The minimum Gasteiger partial charge on any atom is -0.389 e. The zero-order chi connectivity index (χ0) is 8.91. The predicted molar refractivity (Wildman–Crippen MR) is 43.0 cm³/mol. The zero-order valence-corrected chi connectivity index (χ0v) is 7.05. The molecule has 0 bridgehead atoms. The molecule has 0 aromatic carbocycles. The molecule has 0 aromatic rings. The standard InChI is InChI=1S/C7H16N2O2/c1-3-7(2,11)5-9-4-6(8)10/h9,11H,3-5H2,1-2H3,(H2,8,10). The summed E-state index contributed by atoms with van der Waals surface area (Å²) in [7, 11) is 0. The highest BCUT2D eigenvalue weighted by Gasteiger charge is 2.16. The van der Waals surface area contributed by atoms with E-state index >= 15 is 0 Å². The van der Waals surface area contributed by atoms with Gasteiger partial charge in [0.15, 0.2) is 0 Å². The summed E-state index contributed by atoms with van der Waals surface area (Å²) in [4.78, 5) is 10.3. The first-order chi connectivity index (χ1) is 4.98. The fourth-order valence-electron chi connectivity index (χ4n) is 0.580. The molecule has 4 N–H and O–H groups in total. The van der Waals surface area contributed by atoms with Crippen LogP contribution in [0.1, 0.15) is 20.3 Å². The van der Waals surface area contributed by atoms with Crippen molar-refractivity contribution in [3.63, 3.8) is 0 Å². The normalized spacial score (nSPS) is 15.9. The predicted octanol–water partition coefficient (Wildman–Crippen LogP) is -0.778. The maximum absolute atomic E-state index is 10.3. The molecule has 0 aliphatic heterocycles. The van der Waals surface area contributed by atoms with E-state index in [-0.39, 0.29) is 6.54 Å². The first-order valence-corrected chi connectivity index (χ1v) is 3.69. The van der Waals surface area contributed by atoms with Crippen LogP contribution in [0.4, 0.5) is 0 Å². The van der Waals surface area contributed by atoms with Gasteiger partial charge in [-0.25, -0.2) is 0 Å². The van der Waals surface area contributed by atoms with Gasteiger partial charge in [0.05, 0.1) is 12.1 Å². The number of rotatable bonds is 5. The quantitative estimate of drug-likeness (QED) is 0.494. The van der Waals surface area contributed by atoms with Crippen molar-refractivity contribution >= 4 is 5.91 Å². The molecular weight excluding hydrogens is 144 g/mol. The summed E-state index contributed by atoms with van der Waals surface area (Å²) in [6.45, 7) is 4.11. The molecule has 0 aliphatic rings. The third kappa shape index (κ3) is 5.82. The van der Waals surface area contributed by atoms with E-state index in [0.29, 0.717) is 13.0 Å². The Labute approximate surface area is 66.8 Å². The highest BCUT2D eigenvalue weighted by molar-refractivity contribution is 5.75. The van der Waals surface area contributed by atoms with Gasteiger partial charge < -0.3 is 16.2 Å². The molecule has 4 nitrogen and oxygen atoms in total. The molecular formula is C7H16N2O2. The van der Waals surface area contributed by atoms with Crippen LogP contribution in [0.25, 0.3) is 0 Å². The van der Waals surface area contributed by atoms with Gasteiger partial charge in [-0.1, -0.05) is 6.92 Å². The number of hydrogen-bond acceptors (Lipinski definition) is 3. The molecule has 1 amide bonds. The smallest absolute Gasteiger partial charge is 0.231 e. The Hall–Kier alpha value is -0.610. The number of carbonyl (C=O) groups excluding carboxylic acids is 1. The van der Waals surface area contributed by atoms with Crippen LogP contribution in [0.2, 0.25) is 0 Å². The van der Waals surface area contributed by atoms with Gasteiger partial charge in [0.1, 0.15) is 0 Å². The average molecular weight is 160 g/mol. The minimum absolute atomic E-state index is 0.121. The second kappa shape index (κ2) is 4.31. The summed E-state index contributed by atoms with van der Waals surface area (Å²) in [5.74, 6) is -0.406. The Morgan fingerprint density at radius 3 is 2.64 bits per heavy atom. The van der Waals surface area contributed by atoms with Crippen molar-refractivity contribution in [1.82, 2.24) is 5.32 Å². The van der Waals surface area contributed by atoms with E-state index in [9.17, 15) is 9.90 Å². The molecule has 0 saturated heterocycles. The fourth-order valence-corrected chi connectivity index (χ4v) is 0.580. The summed E-state index contributed by atoms with van der Waals surface area (Å²) in [5.41, 5.74) is 4.14. The van der Waals surface area contributed by atoms with Crippen LogP contribution < -0.4 is 11.1 Å². The summed E-state index contributed by atoms with van der Waals surface area (Å²) < 4.78 is 0. The molecule has 11 heavy (non-hydrogen) atoms. The number of nitrogens with one attached hydrogen (secondary N) is 1. The second-order valence-corrected chi connectivity index (χ2v) is 2.92. The van der Waals surface area contributed by atoms with Crippen molar-refractivity contribution in [2.75, 3.05) is 13.1 Å². The topological polar surface area (TPSA) is 75.3 Å². The number of primary amides is 1. The summed E-state index contributed by atoms with van der Waals surface area (Å²) >= 11 is 0. The first-order valence-electron chi connectivity index (χ1n) is 3.69. The van der Waals surface area contributed by atoms with E-state index in [1.165, 1.54) is 0 Å². The van der Waals surface area contributed by atoms with Gasteiger partial charge in [-0.3, -0.25) is 4.79 Å². The van der Waals surface area contributed by atoms with Gasteiger partial charge in [-0.05, 0) is 13.3 Å². The molecule has 1 atom stereocenters. The number of hydrogen-bond donors (Lipinski definition) is 3. The van der Waals surface area contributed by atoms with E-state index < -0.39 is 11.5 Å². The first kappa shape index (κ1) is 10.4. The molecule has 1 unspecified atom stereocenters. The lowest BCUT2D eigenvalue weighted by Crippen LogP contribution is -2.40. The van der Waals surface area contributed by atoms with Crippen molar-refractivity contribution in [1.29, 1.82) is 0 Å². The average Bonchev–Trinajstić information content (AvgIpc) is 1.87. The molecule has 66 valence electrons. The van der Waals surface area contributed by atoms with Gasteiger partial charge in [0.2, 0.25) is 5.91 Å². The Morgan fingerprint density at radius 2 is 2.27 bits per heavy atom. The lowest BCUT2D eigenvalue weighted by atomic mass is 10.0. The van der Waals surface area contributed by atoms with Crippen LogP contribution in [0, 0.1) is 0 Å². The number of amides is 1. The van der Waals surface area contributed by atoms with Gasteiger partial charge in [-0.2, -0.15) is 0 Å². The summed E-state index contributed by atoms with van der Waals surface area (Å²) in [6, 6.07) is 0. The Balaban J connectivity index is 3.45. The Morgan fingerprint density at radius 1 is 1.73 bits per heavy atom. The van der Waals surface area contributed by atoms with Gasteiger partial charge >= 0.3 is 0 Å². The molecule has 0 aromatic heterocycles. The van der Waals surface area contributed by atoms with E-state index in [1.807, 2.05) is 6.92 Å². The summed E-state index contributed by atoms with van der Waals surface area (Å²) in [5, 5.41) is 12.2. The van der Waals surface area contributed by atoms with Crippen molar-refractivity contribution < 1.29 is 9.90 Å². The van der Waals surface area contributed by atoms with E-state index in [4.69, 9.17) is 5.73 Å². The van der Waals surface area contributed by atoms with Crippen LogP contribution in [0.3, 0.4) is 0 Å². The van der Waals surface area contributed by atoms with Crippen LogP contribution in [0.15, 0.2) is 0 Å². The SMILES string of the molecule is CCC(C)(O)CNCC(N)=O. The highest BCUT2D eigenvalue weighted by Crippen LogP contribution is 2.05. The van der Waals surface area contributed by atoms with Crippen molar-refractivity contribution in [3.8, 4) is 0 Å². The maximum Gasteiger partial charge on any atom is 0.231 e. The van der Waals surface area contributed by atoms with Crippen LogP contribution >= 0.6 is 0 Å². The largest absolute Gasteiger partial charge is 0.389 e. The van der Waals surface area contributed by atoms with Gasteiger partial charge in [-0.15, -0.1) is 0 Å². The number of aliphatic hydroxyl groups is 1. The van der Waals surface area contributed by atoms with E-state index in [2.05, 4.69) is 5.32 Å². The number of nitrogens with two attached hydrogens (primary N) is 1. The van der Waals surface area contributed by atoms with Crippen molar-refractivity contribution in [2.24, 2.45) is 5.73 Å². The van der Waals surface area contributed by atoms with Crippen molar-refractivity contribution in [3.05, 3.63) is 0 Å². The molecule has 0 heterocycles. The third-order valence-corrected chi connectivity index (χ3v) is 1.57. The molecule has 0 saturated carbocycles. The van der Waals surface area contributed by atoms with Gasteiger partial charge in [0.25, 0.3) is 0 Å². The maximum atomic E-state index is 10.3. The van der Waals surface area contributed by atoms with Gasteiger partial charge in [0, 0.05) is 6.54 Å². The molecule has 0 spiro atoms. The molecule has 4 heteroatoms. The molecule has 0 fully saturated rings. The lowest BCUT2D eigenvalue weighted by Gasteiger charge is -2.20. The molecule has 0 aliphatic carbocycles. The Bertz CT molecular complexity index is 134. The number of carbonyl (C=O) groups is 1.